The molecule has 0 aromatic carbocycles. The fourth-order valence-corrected chi connectivity index (χ4v) is 2.26. The largest absolute Gasteiger partial charge is 0.481 e. The first-order chi connectivity index (χ1) is 6.65. The Hall–Kier alpha value is -0.610. The summed E-state index contributed by atoms with van der Waals surface area (Å²) in [5.74, 6) is -0.701. The highest BCUT2D eigenvalue weighted by Gasteiger charge is 2.28. The van der Waals surface area contributed by atoms with Gasteiger partial charge in [-0.2, -0.15) is 0 Å². The van der Waals surface area contributed by atoms with Crippen LogP contribution in [0.1, 0.15) is 26.2 Å². The number of nitrogens with one attached hydrogen (secondary N) is 1. The van der Waals surface area contributed by atoms with Crippen LogP contribution in [0.2, 0.25) is 0 Å². The summed E-state index contributed by atoms with van der Waals surface area (Å²) in [4.78, 5) is 12.9. The van der Waals surface area contributed by atoms with Crippen molar-refractivity contribution >= 4 is 5.97 Å². The molecule has 1 heterocycles. The molecule has 0 bridgehead atoms. The van der Waals surface area contributed by atoms with E-state index in [9.17, 15) is 4.79 Å². The molecule has 1 aliphatic rings. The molecule has 1 fully saturated rings. The predicted molar refractivity (Wildman–Crippen MR) is 55.4 cm³/mol. The van der Waals surface area contributed by atoms with Crippen LogP contribution in [0.3, 0.4) is 0 Å². The molecule has 0 amide bonds. The van der Waals surface area contributed by atoms with Gasteiger partial charge in [0, 0.05) is 18.6 Å². The minimum atomic E-state index is -0.701. The predicted octanol–water partition coefficient (Wildman–Crippen LogP) is 0.533. The van der Waals surface area contributed by atoms with Gasteiger partial charge in [0.15, 0.2) is 0 Å². The van der Waals surface area contributed by atoms with Crippen molar-refractivity contribution in [3.8, 4) is 0 Å². The number of aliphatic carboxylic acids is 1. The number of likely N-dealkylation sites (tertiary alicyclic amines) is 1. The number of carbonyl (C=O) groups is 1. The van der Waals surface area contributed by atoms with E-state index < -0.39 is 5.97 Å². The van der Waals surface area contributed by atoms with Crippen LogP contribution in [0.25, 0.3) is 0 Å². The van der Waals surface area contributed by atoms with Crippen molar-refractivity contribution in [1.29, 1.82) is 0 Å². The number of hydrogen-bond acceptors (Lipinski definition) is 3. The van der Waals surface area contributed by atoms with Gasteiger partial charge in [-0.05, 0) is 33.4 Å². The first-order valence-corrected chi connectivity index (χ1v) is 5.27. The number of rotatable bonds is 5. The van der Waals surface area contributed by atoms with Gasteiger partial charge in [-0.3, -0.25) is 9.69 Å². The molecule has 1 aliphatic heterocycles. The Balaban J connectivity index is 2.44. The van der Waals surface area contributed by atoms with E-state index in [4.69, 9.17) is 5.11 Å². The molecule has 0 spiro atoms. The maximum atomic E-state index is 10.6. The molecular formula is C10H20N2O2. The Morgan fingerprint density at radius 3 is 3.00 bits per heavy atom. The smallest absolute Gasteiger partial charge is 0.304 e. The van der Waals surface area contributed by atoms with Crippen LogP contribution in [0, 0.1) is 0 Å². The SMILES string of the molecule is CNCC1CCCN1C(C)CC(=O)O. The monoisotopic (exact) mass is 200 g/mol. The molecule has 2 unspecified atom stereocenters. The fourth-order valence-electron chi connectivity index (χ4n) is 2.26. The normalized spacial score (nSPS) is 25.1. The lowest BCUT2D eigenvalue weighted by Crippen LogP contribution is -2.42. The van der Waals surface area contributed by atoms with Crippen molar-refractivity contribution in [3.63, 3.8) is 0 Å². The van der Waals surface area contributed by atoms with Crippen molar-refractivity contribution in [2.75, 3.05) is 20.1 Å². The summed E-state index contributed by atoms with van der Waals surface area (Å²) in [7, 11) is 1.94. The van der Waals surface area contributed by atoms with Crippen molar-refractivity contribution in [3.05, 3.63) is 0 Å². The highest BCUT2D eigenvalue weighted by atomic mass is 16.4. The highest BCUT2D eigenvalue weighted by molar-refractivity contribution is 5.67. The van der Waals surface area contributed by atoms with Crippen LogP contribution in [0.4, 0.5) is 0 Å². The summed E-state index contributed by atoms with van der Waals surface area (Å²) in [6.45, 7) is 4.01. The van der Waals surface area contributed by atoms with E-state index in [-0.39, 0.29) is 12.5 Å². The van der Waals surface area contributed by atoms with E-state index in [2.05, 4.69) is 10.2 Å². The molecule has 0 aromatic heterocycles. The second-order valence-corrected chi connectivity index (χ2v) is 4.04. The second kappa shape index (κ2) is 5.32. The lowest BCUT2D eigenvalue weighted by Gasteiger charge is -2.29. The molecular weight excluding hydrogens is 180 g/mol. The van der Waals surface area contributed by atoms with E-state index >= 15 is 0 Å². The third-order valence-corrected chi connectivity index (χ3v) is 2.90. The van der Waals surface area contributed by atoms with Gasteiger partial charge in [0.05, 0.1) is 6.42 Å². The molecule has 0 aromatic rings. The molecule has 1 rings (SSSR count). The summed E-state index contributed by atoms with van der Waals surface area (Å²) >= 11 is 0. The summed E-state index contributed by atoms with van der Waals surface area (Å²) in [6, 6.07) is 0.683. The van der Waals surface area contributed by atoms with Gasteiger partial charge in [0.25, 0.3) is 0 Å². The third-order valence-electron chi connectivity index (χ3n) is 2.90. The summed E-state index contributed by atoms with van der Waals surface area (Å²) in [6.07, 6.45) is 2.63. The van der Waals surface area contributed by atoms with E-state index in [0.29, 0.717) is 6.04 Å². The van der Waals surface area contributed by atoms with Gasteiger partial charge in [0.2, 0.25) is 0 Å². The summed E-state index contributed by atoms with van der Waals surface area (Å²) < 4.78 is 0. The van der Waals surface area contributed by atoms with Gasteiger partial charge < -0.3 is 10.4 Å². The number of likely N-dealkylation sites (N-methyl/N-ethyl adjacent to an activating group) is 1. The topological polar surface area (TPSA) is 52.6 Å². The first kappa shape index (κ1) is 11.5. The lowest BCUT2D eigenvalue weighted by atomic mass is 10.1. The zero-order chi connectivity index (χ0) is 10.6. The Kier molecular flexibility index (Phi) is 4.35. The van der Waals surface area contributed by atoms with Crippen LogP contribution in [0.15, 0.2) is 0 Å². The summed E-state index contributed by atoms with van der Waals surface area (Å²) in [5, 5.41) is 11.9. The molecule has 82 valence electrons. The van der Waals surface area contributed by atoms with Gasteiger partial charge in [-0.15, -0.1) is 0 Å². The van der Waals surface area contributed by atoms with Crippen LogP contribution in [0.5, 0.6) is 0 Å². The highest BCUT2D eigenvalue weighted by Crippen LogP contribution is 2.20. The second-order valence-electron chi connectivity index (χ2n) is 4.04. The van der Waals surface area contributed by atoms with Crippen molar-refractivity contribution in [1.82, 2.24) is 10.2 Å². The van der Waals surface area contributed by atoms with Crippen LogP contribution < -0.4 is 5.32 Å². The Morgan fingerprint density at radius 2 is 2.43 bits per heavy atom. The standard InChI is InChI=1S/C10H20N2O2/c1-8(6-10(13)14)12-5-3-4-9(12)7-11-2/h8-9,11H,3-7H2,1-2H3,(H,13,14). The molecule has 1 saturated heterocycles. The van der Waals surface area contributed by atoms with E-state index in [0.717, 1.165) is 13.1 Å². The third kappa shape index (κ3) is 2.96. The van der Waals surface area contributed by atoms with E-state index in [1.807, 2.05) is 14.0 Å². The van der Waals surface area contributed by atoms with Gasteiger partial charge in [-0.25, -0.2) is 0 Å². The number of hydrogen-bond donors (Lipinski definition) is 2. The Bertz CT molecular complexity index is 197. The summed E-state index contributed by atoms with van der Waals surface area (Å²) in [5.41, 5.74) is 0. The Morgan fingerprint density at radius 1 is 1.71 bits per heavy atom. The van der Waals surface area contributed by atoms with E-state index in [1.54, 1.807) is 0 Å². The van der Waals surface area contributed by atoms with Crippen LogP contribution in [-0.2, 0) is 4.79 Å². The van der Waals surface area contributed by atoms with Crippen LogP contribution in [-0.4, -0.2) is 48.2 Å². The van der Waals surface area contributed by atoms with Crippen molar-refractivity contribution in [2.24, 2.45) is 0 Å². The minimum Gasteiger partial charge on any atom is -0.481 e. The maximum Gasteiger partial charge on any atom is 0.304 e. The van der Waals surface area contributed by atoms with Gasteiger partial charge in [-0.1, -0.05) is 0 Å². The van der Waals surface area contributed by atoms with Crippen molar-refractivity contribution < 1.29 is 9.90 Å². The first-order valence-electron chi connectivity index (χ1n) is 5.27. The average molecular weight is 200 g/mol. The molecule has 2 N–H and O–H groups in total. The van der Waals surface area contributed by atoms with Gasteiger partial charge >= 0.3 is 5.97 Å². The zero-order valence-electron chi connectivity index (χ0n) is 8.99. The lowest BCUT2D eigenvalue weighted by molar-refractivity contribution is -0.138. The fraction of sp³-hybridized carbons (Fsp3) is 0.900. The molecule has 4 heteroatoms. The molecule has 0 radical (unpaired) electrons. The molecule has 0 aliphatic carbocycles. The van der Waals surface area contributed by atoms with E-state index in [1.165, 1.54) is 12.8 Å². The zero-order valence-corrected chi connectivity index (χ0v) is 8.99. The number of nitrogens with zero attached hydrogens (tertiary/aromatic N) is 1. The molecule has 14 heavy (non-hydrogen) atoms. The minimum absolute atomic E-state index is 0.161. The molecule has 2 atom stereocenters. The van der Waals surface area contributed by atoms with Gasteiger partial charge in [0.1, 0.15) is 0 Å². The average Bonchev–Trinajstić information content (AvgIpc) is 2.51. The van der Waals surface area contributed by atoms with Crippen LogP contribution >= 0.6 is 0 Å². The maximum absolute atomic E-state index is 10.6. The molecule has 0 saturated carbocycles. The quantitative estimate of drug-likeness (QED) is 0.680. The molecule has 4 nitrogen and oxygen atoms in total. The number of carboxylic acid groups (broad SMARTS) is 1. The number of carboxylic acids is 1. The Labute approximate surface area is 85.3 Å². The van der Waals surface area contributed by atoms with Crippen molar-refractivity contribution in [2.45, 2.75) is 38.3 Å².